The monoisotopic (exact) mass is 424 g/mol. The maximum atomic E-state index is 13.3. The average Bonchev–Trinajstić information content (AvgIpc) is 2.76. The first-order valence-corrected chi connectivity index (χ1v) is 11.3. The lowest BCUT2D eigenvalue weighted by Crippen LogP contribution is -2.40. The second-order valence-corrected chi connectivity index (χ2v) is 8.73. The van der Waals surface area contributed by atoms with Crippen molar-refractivity contribution in [2.45, 2.75) is 43.0 Å². The number of carboxylic acids is 1. The molecule has 2 atom stereocenters. The van der Waals surface area contributed by atoms with E-state index < -0.39 is 17.0 Å². The molecule has 2 unspecified atom stereocenters. The number of benzene rings is 2. The van der Waals surface area contributed by atoms with Gasteiger partial charge in [0.1, 0.15) is 10.6 Å². The van der Waals surface area contributed by atoms with Crippen LogP contribution in [-0.4, -0.2) is 34.5 Å². The molecule has 0 aliphatic carbocycles. The topological polar surface area (TPSA) is 78.9 Å². The number of fused-ring (bicyclic) bond motifs is 4. The lowest BCUT2D eigenvalue weighted by Gasteiger charge is -2.39. The molecule has 2 heterocycles. The Bertz CT molecular complexity index is 1030. The van der Waals surface area contributed by atoms with Crippen molar-refractivity contribution in [3.63, 3.8) is 0 Å². The Morgan fingerprint density at radius 2 is 2.03 bits per heavy atom. The number of carboxylic acid groups (broad SMARTS) is 1. The fourth-order valence-corrected chi connectivity index (χ4v) is 5.15. The highest BCUT2D eigenvalue weighted by Gasteiger charge is 2.26. The van der Waals surface area contributed by atoms with Gasteiger partial charge in [0.15, 0.2) is 11.0 Å². The van der Waals surface area contributed by atoms with Gasteiger partial charge in [0.2, 0.25) is 0 Å². The van der Waals surface area contributed by atoms with Gasteiger partial charge in [-0.05, 0) is 68.5 Å². The summed E-state index contributed by atoms with van der Waals surface area (Å²) in [6.45, 7) is 1.42. The van der Waals surface area contributed by atoms with Crippen LogP contribution in [0.5, 0.6) is 5.75 Å². The van der Waals surface area contributed by atoms with E-state index in [1.165, 1.54) is 18.6 Å². The smallest absolute Gasteiger partial charge is 0.335 e. The van der Waals surface area contributed by atoms with E-state index in [-0.39, 0.29) is 5.56 Å². The first-order chi connectivity index (χ1) is 14.6. The molecule has 0 radical (unpaired) electrons. The molecule has 6 nitrogen and oxygen atoms in total. The molecule has 1 saturated heterocycles. The van der Waals surface area contributed by atoms with Gasteiger partial charge in [-0.15, -0.1) is 6.42 Å². The molecule has 30 heavy (non-hydrogen) atoms. The predicted molar refractivity (Wildman–Crippen MR) is 118 cm³/mol. The van der Waals surface area contributed by atoms with Gasteiger partial charge in [-0.1, -0.05) is 5.92 Å². The predicted octanol–water partition coefficient (Wildman–Crippen LogP) is 4.03. The molecule has 156 valence electrons. The summed E-state index contributed by atoms with van der Waals surface area (Å²) in [7, 11) is -1.72. The molecular weight excluding hydrogens is 400 g/mol. The first-order valence-electron chi connectivity index (χ1n) is 10.1. The molecule has 2 aliphatic rings. The molecule has 2 aromatic carbocycles. The molecule has 4 rings (SSSR count). The molecule has 0 amide bonds. The van der Waals surface area contributed by atoms with Crippen molar-refractivity contribution < 1.29 is 18.8 Å². The molecule has 2 aromatic rings. The standard InChI is InChI=1S/C23H24N2O4S/c1-2-16-8-10-20-19(14-16)24-30(28)22-15-17(23(26)27)9-11-21(22)29-13-5-7-18-6-3-4-12-25(18)20/h1,8-11,14-15,18,24H,3-7,12-13H2,(H,26,27). The normalized spacial score (nSPS) is 21.2. The van der Waals surface area contributed by atoms with E-state index in [0.29, 0.717) is 34.5 Å². The summed E-state index contributed by atoms with van der Waals surface area (Å²) in [6, 6.07) is 10.6. The Labute approximate surface area is 178 Å². The van der Waals surface area contributed by atoms with Crippen LogP contribution in [0.2, 0.25) is 0 Å². The van der Waals surface area contributed by atoms with Crippen LogP contribution in [0.3, 0.4) is 0 Å². The number of hydrogen-bond acceptors (Lipinski definition) is 4. The minimum Gasteiger partial charge on any atom is -0.492 e. The first kappa shape index (κ1) is 20.3. The maximum Gasteiger partial charge on any atom is 0.335 e. The SMILES string of the molecule is C#Cc1ccc2c(c1)NS(=O)c1cc(C(=O)O)ccc1OCCCC1CCCCN21. The van der Waals surface area contributed by atoms with Crippen molar-refractivity contribution in [2.75, 3.05) is 22.8 Å². The number of terminal acetylenes is 1. The van der Waals surface area contributed by atoms with Crippen molar-refractivity contribution >= 4 is 28.3 Å². The maximum absolute atomic E-state index is 13.3. The number of rotatable bonds is 1. The van der Waals surface area contributed by atoms with Gasteiger partial charge in [-0.25, -0.2) is 9.00 Å². The van der Waals surface area contributed by atoms with Crippen LogP contribution < -0.4 is 14.4 Å². The summed E-state index contributed by atoms with van der Waals surface area (Å²) in [5, 5.41) is 9.35. The van der Waals surface area contributed by atoms with Crippen LogP contribution in [0, 0.1) is 12.3 Å². The summed E-state index contributed by atoms with van der Waals surface area (Å²) in [5.41, 5.74) is 2.41. The number of aromatic carboxylic acids is 1. The van der Waals surface area contributed by atoms with E-state index in [1.54, 1.807) is 6.07 Å². The molecule has 0 aromatic heterocycles. The quantitative estimate of drug-likeness (QED) is 0.676. The van der Waals surface area contributed by atoms with Crippen molar-refractivity contribution in [3.8, 4) is 18.1 Å². The van der Waals surface area contributed by atoms with Crippen LogP contribution in [0.1, 0.15) is 48.0 Å². The second kappa shape index (κ2) is 8.80. The van der Waals surface area contributed by atoms with E-state index in [9.17, 15) is 14.1 Å². The highest BCUT2D eigenvalue weighted by Crippen LogP contribution is 2.36. The highest BCUT2D eigenvalue weighted by atomic mass is 32.2. The molecule has 2 N–H and O–H groups in total. The van der Waals surface area contributed by atoms with E-state index in [1.807, 2.05) is 18.2 Å². The van der Waals surface area contributed by atoms with Gasteiger partial charge in [-0.3, -0.25) is 4.72 Å². The lowest BCUT2D eigenvalue weighted by molar-refractivity contribution is 0.0696. The number of nitrogens with zero attached hydrogens (tertiary/aromatic N) is 1. The van der Waals surface area contributed by atoms with E-state index >= 15 is 0 Å². The summed E-state index contributed by atoms with van der Waals surface area (Å²) in [4.78, 5) is 14.1. The Kier molecular flexibility index (Phi) is 5.96. The van der Waals surface area contributed by atoms with Crippen molar-refractivity contribution in [1.29, 1.82) is 0 Å². The summed E-state index contributed by atoms with van der Waals surface area (Å²) < 4.78 is 22.2. The largest absolute Gasteiger partial charge is 0.492 e. The number of ether oxygens (including phenoxy) is 1. The van der Waals surface area contributed by atoms with Crippen LogP contribution in [0.15, 0.2) is 41.3 Å². The summed E-state index contributed by atoms with van der Waals surface area (Å²) >= 11 is 0. The van der Waals surface area contributed by atoms with Crippen molar-refractivity contribution in [2.24, 2.45) is 0 Å². The fraction of sp³-hybridized carbons (Fsp3) is 0.348. The van der Waals surface area contributed by atoms with E-state index in [0.717, 1.165) is 37.9 Å². The molecule has 1 fully saturated rings. The molecule has 0 spiro atoms. The number of hydrogen-bond donors (Lipinski definition) is 2. The third kappa shape index (κ3) is 4.14. The zero-order valence-corrected chi connectivity index (χ0v) is 17.4. The Balaban J connectivity index is 1.79. The highest BCUT2D eigenvalue weighted by molar-refractivity contribution is 7.86. The van der Waals surface area contributed by atoms with Gasteiger partial charge in [-0.2, -0.15) is 0 Å². The fourth-order valence-electron chi connectivity index (χ4n) is 4.14. The average molecular weight is 425 g/mol. The lowest BCUT2D eigenvalue weighted by atomic mass is 9.96. The molecule has 0 bridgehead atoms. The minimum absolute atomic E-state index is 0.0632. The van der Waals surface area contributed by atoms with Gasteiger partial charge in [0, 0.05) is 18.2 Å². The third-order valence-electron chi connectivity index (χ3n) is 5.63. The van der Waals surface area contributed by atoms with Crippen LogP contribution in [0.4, 0.5) is 11.4 Å². The van der Waals surface area contributed by atoms with E-state index in [2.05, 4.69) is 15.5 Å². The zero-order chi connectivity index (χ0) is 21.1. The van der Waals surface area contributed by atoms with Crippen LogP contribution in [-0.2, 0) is 11.0 Å². The van der Waals surface area contributed by atoms with Crippen molar-refractivity contribution in [1.82, 2.24) is 0 Å². The number of nitrogens with one attached hydrogen (secondary N) is 1. The second-order valence-electron chi connectivity index (χ2n) is 7.55. The molecular formula is C23H24N2O4S. The zero-order valence-electron chi connectivity index (χ0n) is 16.6. The number of piperidine rings is 1. The summed E-state index contributed by atoms with van der Waals surface area (Å²) in [6.07, 6.45) is 10.9. The Morgan fingerprint density at radius 1 is 1.20 bits per heavy atom. The van der Waals surface area contributed by atoms with E-state index in [4.69, 9.17) is 11.2 Å². The Hall–Kier alpha value is -2.98. The summed E-state index contributed by atoms with van der Waals surface area (Å²) in [5.74, 6) is 1.99. The van der Waals surface area contributed by atoms with Gasteiger partial charge >= 0.3 is 5.97 Å². The Morgan fingerprint density at radius 3 is 2.83 bits per heavy atom. The van der Waals surface area contributed by atoms with Gasteiger partial charge < -0.3 is 14.7 Å². The molecule has 0 saturated carbocycles. The van der Waals surface area contributed by atoms with Gasteiger partial charge in [0.05, 0.1) is 23.5 Å². The third-order valence-corrected chi connectivity index (χ3v) is 6.76. The van der Waals surface area contributed by atoms with Crippen LogP contribution in [0.25, 0.3) is 0 Å². The van der Waals surface area contributed by atoms with Crippen molar-refractivity contribution in [3.05, 3.63) is 47.5 Å². The number of carbonyl (C=O) groups is 1. The minimum atomic E-state index is -1.72. The molecule has 2 aliphatic heterocycles. The van der Waals surface area contributed by atoms with Crippen LogP contribution >= 0.6 is 0 Å². The molecule has 7 heteroatoms. The number of anilines is 2. The van der Waals surface area contributed by atoms with Gasteiger partial charge in [0.25, 0.3) is 0 Å².